The van der Waals surface area contributed by atoms with Gasteiger partial charge in [-0.1, -0.05) is 12.1 Å². The van der Waals surface area contributed by atoms with Crippen LogP contribution in [0.4, 0.5) is 17.3 Å². The predicted molar refractivity (Wildman–Crippen MR) is 149 cm³/mol. The summed E-state index contributed by atoms with van der Waals surface area (Å²) in [6, 6.07) is 12.5. The smallest absolute Gasteiger partial charge is 0.256 e. The van der Waals surface area contributed by atoms with Crippen LogP contribution in [0.2, 0.25) is 0 Å². The summed E-state index contributed by atoms with van der Waals surface area (Å²) in [7, 11) is -3.49. The Balaban J connectivity index is 1.32. The van der Waals surface area contributed by atoms with E-state index in [1.807, 2.05) is 13.8 Å². The van der Waals surface area contributed by atoms with Gasteiger partial charge in [-0.2, -0.15) is 14.4 Å². The minimum Gasteiger partial charge on any atom is -0.382 e. The van der Waals surface area contributed by atoms with Gasteiger partial charge in [-0.3, -0.25) is 4.79 Å². The number of pyridine rings is 1. The van der Waals surface area contributed by atoms with Gasteiger partial charge in [-0.25, -0.2) is 23.4 Å². The summed E-state index contributed by atoms with van der Waals surface area (Å²) in [6.07, 6.45) is 7.16. The molecule has 0 spiro atoms. The molecule has 204 valence electrons. The standard InChI is InChI=1S/C27H27N9O3S/c1-17(2)33-23-11-25(30-15-22(23)27(37)31-13-19-5-3-18(12-28)4-6-19)34-24-9-10-29-26(35-24)20-14-32-36(16-20)40(38,39)21-7-8-21/h3-6,9-11,14-17,21H,7-8,13H2,1-2H3,(H,31,37)(H2,29,30,33,34,35). The molecule has 1 saturated carbocycles. The largest absolute Gasteiger partial charge is 0.382 e. The van der Waals surface area contributed by atoms with Crippen molar-refractivity contribution in [3.05, 3.63) is 77.9 Å². The zero-order chi connectivity index (χ0) is 28.3. The van der Waals surface area contributed by atoms with Crippen molar-refractivity contribution in [3.8, 4) is 17.5 Å². The molecular formula is C27H27N9O3S. The second kappa shape index (κ2) is 11.1. The molecular weight excluding hydrogens is 530 g/mol. The molecule has 0 radical (unpaired) electrons. The van der Waals surface area contributed by atoms with E-state index < -0.39 is 10.0 Å². The minimum absolute atomic E-state index is 0.0504. The number of hydrogen-bond donors (Lipinski definition) is 3. The summed E-state index contributed by atoms with van der Waals surface area (Å²) in [4.78, 5) is 26.1. The Morgan fingerprint density at radius 2 is 1.90 bits per heavy atom. The highest BCUT2D eigenvalue weighted by Crippen LogP contribution is 2.30. The lowest BCUT2D eigenvalue weighted by Gasteiger charge is -2.16. The molecule has 1 amide bonds. The fraction of sp³-hybridized carbons (Fsp3) is 0.259. The molecule has 0 saturated heterocycles. The average molecular weight is 558 g/mol. The van der Waals surface area contributed by atoms with E-state index in [-0.39, 0.29) is 17.2 Å². The first kappa shape index (κ1) is 26.8. The van der Waals surface area contributed by atoms with Crippen molar-refractivity contribution < 1.29 is 13.2 Å². The summed E-state index contributed by atoms with van der Waals surface area (Å²) in [5.41, 5.74) is 2.86. The van der Waals surface area contributed by atoms with E-state index in [0.29, 0.717) is 59.2 Å². The molecule has 0 bridgehead atoms. The first-order valence-electron chi connectivity index (χ1n) is 12.7. The van der Waals surface area contributed by atoms with E-state index in [9.17, 15) is 13.2 Å². The van der Waals surface area contributed by atoms with Gasteiger partial charge in [0.1, 0.15) is 11.6 Å². The molecule has 1 aromatic carbocycles. The van der Waals surface area contributed by atoms with Crippen LogP contribution in [-0.4, -0.2) is 49.8 Å². The fourth-order valence-electron chi connectivity index (χ4n) is 3.89. The number of anilines is 3. The summed E-state index contributed by atoms with van der Waals surface area (Å²) >= 11 is 0. The number of nitrogens with zero attached hydrogens (tertiary/aromatic N) is 6. The van der Waals surface area contributed by atoms with Crippen LogP contribution in [0.15, 0.2) is 61.2 Å². The Kier molecular flexibility index (Phi) is 7.43. The van der Waals surface area contributed by atoms with Gasteiger partial charge in [-0.05, 0) is 50.5 Å². The van der Waals surface area contributed by atoms with Crippen molar-refractivity contribution in [1.29, 1.82) is 5.26 Å². The SMILES string of the molecule is CC(C)Nc1cc(Nc2ccnc(-c3cnn(S(=O)(=O)C4CC4)c3)n2)ncc1C(=O)NCc1ccc(C#N)cc1. The molecule has 1 aliphatic carbocycles. The van der Waals surface area contributed by atoms with Crippen molar-refractivity contribution >= 4 is 33.3 Å². The number of benzene rings is 1. The van der Waals surface area contributed by atoms with Crippen LogP contribution in [0.5, 0.6) is 0 Å². The Morgan fingerprint density at radius 3 is 2.60 bits per heavy atom. The Morgan fingerprint density at radius 1 is 1.12 bits per heavy atom. The molecule has 1 aliphatic rings. The molecule has 3 N–H and O–H groups in total. The summed E-state index contributed by atoms with van der Waals surface area (Å²) in [6.45, 7) is 4.23. The molecule has 1 fully saturated rings. The highest BCUT2D eigenvalue weighted by Gasteiger charge is 2.37. The van der Waals surface area contributed by atoms with Gasteiger partial charge in [0.15, 0.2) is 5.82 Å². The second-order valence-corrected chi connectivity index (χ2v) is 11.7. The van der Waals surface area contributed by atoms with Crippen LogP contribution >= 0.6 is 0 Å². The third-order valence-corrected chi connectivity index (χ3v) is 8.10. The van der Waals surface area contributed by atoms with Crippen molar-refractivity contribution in [2.24, 2.45) is 0 Å². The van der Waals surface area contributed by atoms with E-state index in [0.717, 1.165) is 9.65 Å². The van der Waals surface area contributed by atoms with Gasteiger partial charge in [0, 0.05) is 31.0 Å². The molecule has 3 aromatic heterocycles. The third kappa shape index (κ3) is 6.08. The van der Waals surface area contributed by atoms with Crippen molar-refractivity contribution in [3.63, 3.8) is 0 Å². The maximum atomic E-state index is 13.0. The third-order valence-electron chi connectivity index (χ3n) is 6.07. The zero-order valence-corrected chi connectivity index (χ0v) is 22.7. The predicted octanol–water partition coefficient (Wildman–Crippen LogP) is 3.44. The molecule has 12 nitrogen and oxygen atoms in total. The monoisotopic (exact) mass is 557 g/mol. The summed E-state index contributed by atoms with van der Waals surface area (Å²) in [5, 5.41) is 21.9. The Bertz CT molecular complexity index is 1690. The molecule has 4 aromatic rings. The average Bonchev–Trinajstić information content (AvgIpc) is 3.69. The van der Waals surface area contributed by atoms with E-state index in [2.05, 4.69) is 42.1 Å². The number of nitriles is 1. The highest BCUT2D eigenvalue weighted by molar-refractivity contribution is 7.90. The molecule has 40 heavy (non-hydrogen) atoms. The normalized spacial score (nSPS) is 13.1. The van der Waals surface area contributed by atoms with E-state index in [1.54, 1.807) is 42.6 Å². The first-order valence-corrected chi connectivity index (χ1v) is 14.2. The van der Waals surface area contributed by atoms with Crippen LogP contribution in [0.1, 0.15) is 48.2 Å². The van der Waals surface area contributed by atoms with Gasteiger partial charge in [-0.15, -0.1) is 0 Å². The number of rotatable bonds is 10. The second-order valence-electron chi connectivity index (χ2n) is 9.64. The highest BCUT2D eigenvalue weighted by atomic mass is 32.2. The van der Waals surface area contributed by atoms with Crippen molar-refractivity contribution in [2.75, 3.05) is 10.6 Å². The van der Waals surface area contributed by atoms with Crippen LogP contribution < -0.4 is 16.0 Å². The molecule has 0 aliphatic heterocycles. The molecule has 0 atom stereocenters. The number of carbonyl (C=O) groups is 1. The zero-order valence-electron chi connectivity index (χ0n) is 21.9. The first-order chi connectivity index (χ1) is 19.2. The summed E-state index contributed by atoms with van der Waals surface area (Å²) in [5.74, 6) is 0.892. The van der Waals surface area contributed by atoms with Gasteiger partial charge in [0.05, 0.1) is 46.1 Å². The Labute approximate surface area is 231 Å². The number of hydrogen-bond acceptors (Lipinski definition) is 10. The fourth-order valence-corrected chi connectivity index (χ4v) is 5.36. The van der Waals surface area contributed by atoms with E-state index in [4.69, 9.17) is 5.26 Å². The minimum atomic E-state index is -3.49. The van der Waals surface area contributed by atoms with Gasteiger partial charge >= 0.3 is 0 Å². The maximum Gasteiger partial charge on any atom is 0.256 e. The molecule has 13 heteroatoms. The summed E-state index contributed by atoms with van der Waals surface area (Å²) < 4.78 is 25.9. The Hall–Kier alpha value is -4.83. The van der Waals surface area contributed by atoms with Gasteiger partial charge < -0.3 is 16.0 Å². The lowest BCUT2D eigenvalue weighted by Crippen LogP contribution is -2.25. The topological polar surface area (TPSA) is 168 Å². The molecule has 0 unspecified atom stereocenters. The van der Waals surface area contributed by atoms with E-state index >= 15 is 0 Å². The van der Waals surface area contributed by atoms with E-state index in [1.165, 1.54) is 18.6 Å². The molecule has 3 heterocycles. The van der Waals surface area contributed by atoms with Crippen LogP contribution in [0.3, 0.4) is 0 Å². The van der Waals surface area contributed by atoms with Crippen LogP contribution in [0.25, 0.3) is 11.4 Å². The van der Waals surface area contributed by atoms with Crippen molar-refractivity contribution in [2.45, 2.75) is 44.5 Å². The maximum absolute atomic E-state index is 13.0. The number of aromatic nitrogens is 5. The lowest BCUT2D eigenvalue weighted by molar-refractivity contribution is 0.0951. The quantitative estimate of drug-likeness (QED) is 0.263. The van der Waals surface area contributed by atoms with Gasteiger partial charge in [0.25, 0.3) is 15.9 Å². The number of nitrogens with one attached hydrogen (secondary N) is 3. The molecule has 5 rings (SSSR count). The number of amides is 1. The van der Waals surface area contributed by atoms with Crippen LogP contribution in [-0.2, 0) is 16.6 Å². The van der Waals surface area contributed by atoms with Gasteiger partial charge in [0.2, 0.25) is 0 Å². The number of carbonyl (C=O) groups excluding carboxylic acids is 1. The lowest BCUT2D eigenvalue weighted by atomic mass is 10.1. The van der Waals surface area contributed by atoms with Crippen LogP contribution in [0, 0.1) is 11.3 Å². The van der Waals surface area contributed by atoms with Crippen molar-refractivity contribution in [1.82, 2.24) is 29.5 Å².